The van der Waals surface area contributed by atoms with Crippen LogP contribution in [0.4, 0.5) is 0 Å². The largest absolute Gasteiger partial charge is 0.459 e. The Morgan fingerprint density at radius 3 is 1.92 bits per heavy atom. The first-order chi connectivity index (χ1) is 18.2. The average molecular weight is 561 g/mol. The second kappa shape index (κ2) is 13.6. The summed E-state index contributed by atoms with van der Waals surface area (Å²) in [6.07, 6.45) is -13.0. The van der Waals surface area contributed by atoms with Gasteiger partial charge in [0.2, 0.25) is 5.79 Å². The maximum Gasteiger partial charge on any atom is 0.333 e. The van der Waals surface area contributed by atoms with Crippen molar-refractivity contribution in [1.29, 1.82) is 0 Å². The molecule has 2 fully saturated rings. The number of carbonyl (C=O) groups excluding carboxylic acids is 3. The Balaban J connectivity index is 2.57. The minimum atomic E-state index is -2.21. The molecular weight excluding hydrogens is 524 g/mol. The van der Waals surface area contributed by atoms with Crippen molar-refractivity contribution in [3.8, 4) is 0 Å². The zero-order valence-electron chi connectivity index (χ0n) is 22.2. The topological polar surface area (TPSA) is 197 Å². The number of hydrogen-bond acceptors (Lipinski definition) is 14. The fourth-order valence-electron chi connectivity index (χ4n) is 3.79. The summed E-state index contributed by atoms with van der Waals surface area (Å²) in [6, 6.07) is 0. The molecule has 0 radical (unpaired) electrons. The molecule has 0 amide bonds. The summed E-state index contributed by atoms with van der Waals surface area (Å²) in [4.78, 5) is 37.3. The van der Waals surface area contributed by atoms with E-state index in [1.165, 1.54) is 27.9 Å². The molecule has 2 aliphatic heterocycles. The minimum Gasteiger partial charge on any atom is -0.459 e. The van der Waals surface area contributed by atoms with Crippen molar-refractivity contribution in [2.24, 2.45) is 0 Å². The Labute approximate surface area is 225 Å². The zero-order chi connectivity index (χ0) is 29.7. The highest BCUT2D eigenvalue weighted by molar-refractivity contribution is 5.88. The van der Waals surface area contributed by atoms with Crippen molar-refractivity contribution in [2.45, 2.75) is 75.6 Å². The molecule has 2 aliphatic rings. The van der Waals surface area contributed by atoms with Crippen LogP contribution in [0, 0.1) is 0 Å². The quantitative estimate of drug-likeness (QED) is 0.124. The highest BCUT2D eigenvalue weighted by atomic mass is 16.8. The van der Waals surface area contributed by atoms with E-state index in [1.807, 2.05) is 0 Å². The first-order valence-electron chi connectivity index (χ1n) is 11.9. The van der Waals surface area contributed by atoms with E-state index in [0.29, 0.717) is 0 Å². The van der Waals surface area contributed by atoms with E-state index >= 15 is 0 Å². The molecule has 0 unspecified atom stereocenters. The molecule has 2 saturated heterocycles. The summed E-state index contributed by atoms with van der Waals surface area (Å²) < 4.78 is 38.9. The van der Waals surface area contributed by atoms with Crippen LogP contribution in [0.1, 0.15) is 20.8 Å². The van der Waals surface area contributed by atoms with Gasteiger partial charge in [-0.15, -0.1) is 0 Å². The fourth-order valence-corrected chi connectivity index (χ4v) is 3.79. The van der Waals surface area contributed by atoms with Crippen LogP contribution in [0.3, 0.4) is 0 Å². The van der Waals surface area contributed by atoms with E-state index in [0.717, 1.165) is 0 Å². The molecule has 4 N–H and O–H groups in total. The normalized spacial score (nSPS) is 34.2. The van der Waals surface area contributed by atoms with Crippen LogP contribution < -0.4 is 0 Å². The molecule has 0 saturated carbocycles. The van der Waals surface area contributed by atoms with Crippen LogP contribution in [0.25, 0.3) is 0 Å². The van der Waals surface area contributed by atoms with Crippen molar-refractivity contribution in [3.05, 3.63) is 36.5 Å². The number of aliphatic hydroxyl groups excluding tert-OH is 4. The number of hydrogen-bond donors (Lipinski definition) is 4. The van der Waals surface area contributed by atoms with Crippen molar-refractivity contribution in [1.82, 2.24) is 0 Å². The van der Waals surface area contributed by atoms with Gasteiger partial charge in [0.1, 0.15) is 43.7 Å². The highest BCUT2D eigenvalue weighted by Crippen LogP contribution is 2.40. The first-order valence-corrected chi connectivity index (χ1v) is 11.9. The number of rotatable bonds is 12. The maximum absolute atomic E-state index is 12.7. The Morgan fingerprint density at radius 1 is 0.846 bits per heavy atom. The average Bonchev–Trinajstić information content (AvgIpc) is 3.14. The standard InChI is InChI=1S/C25H36O14/c1-11(2)21(30)34-9-15-19(36-22(31)12(3)4)20(37-23(32)13(5)6)25(38-15,10-33-7)39-24-18(29)17(28)16(27)14(8-26)35-24/h14-20,24,26-29H,1,3,5,8-10H2,2,4,6-7H3/t14-,15-,16-,17+,18-,19-,20+,24-,25+/m1/s1. The Hall–Kier alpha value is -2.69. The lowest BCUT2D eigenvalue weighted by molar-refractivity contribution is -0.384. The summed E-state index contributed by atoms with van der Waals surface area (Å²) in [5, 5.41) is 40.5. The van der Waals surface area contributed by atoms with Crippen LogP contribution in [0.15, 0.2) is 36.5 Å². The lowest BCUT2D eigenvalue weighted by Gasteiger charge is -2.43. The van der Waals surface area contributed by atoms with Gasteiger partial charge in [-0.2, -0.15) is 0 Å². The van der Waals surface area contributed by atoms with E-state index < -0.39 is 92.5 Å². The van der Waals surface area contributed by atoms with Gasteiger partial charge in [-0.1, -0.05) is 19.7 Å². The lowest BCUT2D eigenvalue weighted by atomic mass is 9.99. The number of ether oxygens (including phenoxy) is 7. The van der Waals surface area contributed by atoms with Crippen LogP contribution >= 0.6 is 0 Å². The molecule has 0 aromatic heterocycles. The van der Waals surface area contributed by atoms with Gasteiger partial charge in [0, 0.05) is 23.8 Å². The van der Waals surface area contributed by atoms with E-state index in [9.17, 15) is 34.8 Å². The third kappa shape index (κ3) is 7.49. The van der Waals surface area contributed by atoms with Crippen LogP contribution in [0.2, 0.25) is 0 Å². The first kappa shape index (κ1) is 32.5. The van der Waals surface area contributed by atoms with Crippen molar-refractivity contribution < 1.29 is 68.0 Å². The predicted molar refractivity (Wildman–Crippen MR) is 129 cm³/mol. The molecule has 2 heterocycles. The van der Waals surface area contributed by atoms with E-state index in [4.69, 9.17) is 33.2 Å². The zero-order valence-corrected chi connectivity index (χ0v) is 22.2. The van der Waals surface area contributed by atoms with Gasteiger partial charge in [0.05, 0.1) is 6.61 Å². The van der Waals surface area contributed by atoms with Crippen LogP contribution in [-0.4, -0.2) is 120 Å². The third-order valence-corrected chi connectivity index (χ3v) is 5.86. The second-order valence-corrected chi connectivity index (χ2v) is 9.35. The van der Waals surface area contributed by atoms with Gasteiger partial charge in [-0.05, 0) is 20.8 Å². The monoisotopic (exact) mass is 560 g/mol. The van der Waals surface area contributed by atoms with Crippen LogP contribution in [0.5, 0.6) is 0 Å². The smallest absolute Gasteiger partial charge is 0.333 e. The Kier molecular flexibility index (Phi) is 11.3. The summed E-state index contributed by atoms with van der Waals surface area (Å²) >= 11 is 0. The highest BCUT2D eigenvalue weighted by Gasteiger charge is 2.63. The summed E-state index contributed by atoms with van der Waals surface area (Å²) in [5.41, 5.74) is 0.00232. The van der Waals surface area contributed by atoms with E-state index in [1.54, 1.807) is 0 Å². The van der Waals surface area contributed by atoms with Gasteiger partial charge >= 0.3 is 17.9 Å². The van der Waals surface area contributed by atoms with Crippen molar-refractivity contribution in [3.63, 3.8) is 0 Å². The maximum atomic E-state index is 12.7. The summed E-state index contributed by atoms with van der Waals surface area (Å²) in [5.74, 6) is -4.86. The van der Waals surface area contributed by atoms with E-state index in [-0.39, 0.29) is 16.7 Å². The molecule has 0 spiro atoms. The molecule has 2 rings (SSSR count). The molecule has 0 aliphatic carbocycles. The van der Waals surface area contributed by atoms with Gasteiger partial charge in [-0.3, -0.25) is 0 Å². The molecule has 220 valence electrons. The Bertz CT molecular complexity index is 960. The summed E-state index contributed by atoms with van der Waals surface area (Å²) in [7, 11) is 1.24. The fraction of sp³-hybridized carbons (Fsp3) is 0.640. The molecule has 39 heavy (non-hydrogen) atoms. The van der Waals surface area contributed by atoms with Gasteiger partial charge in [0.15, 0.2) is 18.5 Å². The molecule has 9 atom stereocenters. The van der Waals surface area contributed by atoms with Crippen LogP contribution in [-0.2, 0) is 47.5 Å². The summed E-state index contributed by atoms with van der Waals surface area (Å²) in [6.45, 7) is 12.8. The molecule has 14 heteroatoms. The molecule has 14 nitrogen and oxygen atoms in total. The molecule has 0 aromatic rings. The minimum absolute atomic E-state index is 0.0169. The molecule has 0 bridgehead atoms. The SMILES string of the molecule is C=C(C)C(=O)OC[C@H]1O[C@@](COC)(O[C@H]2O[C@H](CO)[C@@H](O)[C@H](O)[C@H]2O)[C@@H](OC(=O)C(=C)C)[C@@H]1OC(=O)C(=C)C. The molecular formula is C25H36O14. The number of esters is 3. The number of aliphatic hydroxyl groups is 4. The lowest BCUT2D eigenvalue weighted by Crippen LogP contribution is -2.63. The predicted octanol–water partition coefficient (Wildman–Crippen LogP) is -1.36. The molecule has 0 aromatic carbocycles. The van der Waals surface area contributed by atoms with Crippen molar-refractivity contribution >= 4 is 17.9 Å². The van der Waals surface area contributed by atoms with Gasteiger partial charge in [0.25, 0.3) is 0 Å². The third-order valence-electron chi connectivity index (χ3n) is 5.86. The Morgan fingerprint density at radius 2 is 1.41 bits per heavy atom. The van der Waals surface area contributed by atoms with Crippen molar-refractivity contribution in [2.75, 3.05) is 26.9 Å². The van der Waals surface area contributed by atoms with E-state index in [2.05, 4.69) is 19.7 Å². The number of carbonyl (C=O) groups is 3. The van der Waals surface area contributed by atoms with Gasteiger partial charge in [-0.25, -0.2) is 14.4 Å². The van der Waals surface area contributed by atoms with Gasteiger partial charge < -0.3 is 53.6 Å². The second-order valence-electron chi connectivity index (χ2n) is 9.35. The number of methoxy groups -OCH3 is 1.